The van der Waals surface area contributed by atoms with E-state index < -0.39 is 24.1 Å². The number of rotatable bonds is 4. The molecule has 1 heterocycles. The zero-order chi connectivity index (χ0) is 23.6. The molecule has 0 saturated carbocycles. The highest BCUT2D eigenvalue weighted by Gasteiger charge is 2.36. The molecule has 1 aliphatic heterocycles. The van der Waals surface area contributed by atoms with Gasteiger partial charge in [-0.25, -0.2) is 0 Å². The van der Waals surface area contributed by atoms with E-state index in [1.54, 1.807) is 24.3 Å². The van der Waals surface area contributed by atoms with Crippen LogP contribution >= 0.6 is 11.6 Å². The van der Waals surface area contributed by atoms with Crippen molar-refractivity contribution in [1.29, 1.82) is 0 Å². The maximum atomic E-state index is 13.3. The number of hydrogen-bond donors (Lipinski definition) is 1. The van der Waals surface area contributed by atoms with Crippen LogP contribution in [0.4, 0.5) is 18.9 Å². The molecule has 1 atom stereocenters. The minimum Gasteiger partial charge on any atom is -0.406 e. The van der Waals surface area contributed by atoms with E-state index in [0.717, 1.165) is 23.3 Å². The van der Waals surface area contributed by atoms with Crippen molar-refractivity contribution < 1.29 is 27.5 Å². The molecule has 3 aromatic rings. The first kappa shape index (κ1) is 22.7. The Bertz CT molecular complexity index is 1180. The highest BCUT2D eigenvalue weighted by Crippen LogP contribution is 2.28. The van der Waals surface area contributed by atoms with Crippen LogP contribution in [0, 0.1) is 0 Å². The fourth-order valence-corrected chi connectivity index (χ4v) is 3.94. The summed E-state index contributed by atoms with van der Waals surface area (Å²) in [7, 11) is 0. The van der Waals surface area contributed by atoms with Crippen LogP contribution in [0.5, 0.6) is 5.75 Å². The number of carbonyl (C=O) groups is 2. The van der Waals surface area contributed by atoms with Gasteiger partial charge in [-0.05, 0) is 47.5 Å². The van der Waals surface area contributed by atoms with Gasteiger partial charge < -0.3 is 15.0 Å². The van der Waals surface area contributed by atoms with Crippen molar-refractivity contribution in [3.8, 4) is 5.75 Å². The minimum atomic E-state index is -4.81. The van der Waals surface area contributed by atoms with E-state index >= 15 is 0 Å². The number of fused-ring (bicyclic) bond motifs is 1. The van der Waals surface area contributed by atoms with Crippen molar-refractivity contribution in [3.63, 3.8) is 0 Å². The van der Waals surface area contributed by atoms with Crippen molar-refractivity contribution in [3.05, 3.63) is 94.5 Å². The number of ether oxygens (including phenoxy) is 1. The SMILES string of the molecule is O=C(Nc1ccc(OC(F)(F)F)cc1)[C@H]1Cc2ccccc2CN1C(=O)c1ccccc1Cl. The third-order valence-electron chi connectivity index (χ3n) is 5.27. The zero-order valence-corrected chi connectivity index (χ0v) is 17.9. The van der Waals surface area contributed by atoms with Crippen molar-refractivity contribution in [2.75, 3.05) is 5.32 Å². The van der Waals surface area contributed by atoms with Crippen molar-refractivity contribution in [2.24, 2.45) is 0 Å². The zero-order valence-electron chi connectivity index (χ0n) is 17.1. The molecule has 0 bridgehead atoms. The highest BCUT2D eigenvalue weighted by molar-refractivity contribution is 6.33. The predicted molar refractivity (Wildman–Crippen MR) is 117 cm³/mol. The Balaban J connectivity index is 1.58. The normalized spacial score (nSPS) is 15.5. The van der Waals surface area contributed by atoms with Gasteiger partial charge in [0.1, 0.15) is 11.8 Å². The van der Waals surface area contributed by atoms with Gasteiger partial charge >= 0.3 is 6.36 Å². The summed E-state index contributed by atoms with van der Waals surface area (Å²) >= 11 is 6.22. The number of anilines is 1. The van der Waals surface area contributed by atoms with Crippen LogP contribution in [-0.2, 0) is 17.8 Å². The summed E-state index contributed by atoms with van der Waals surface area (Å²) in [5.41, 5.74) is 2.42. The fraction of sp³-hybridized carbons (Fsp3) is 0.167. The maximum absolute atomic E-state index is 13.3. The molecule has 0 spiro atoms. The molecule has 1 N–H and O–H groups in total. The second-order valence-electron chi connectivity index (χ2n) is 7.46. The Morgan fingerprint density at radius 3 is 2.24 bits per heavy atom. The number of nitrogens with zero attached hydrogens (tertiary/aromatic N) is 1. The van der Waals surface area contributed by atoms with Crippen LogP contribution in [0.3, 0.4) is 0 Å². The van der Waals surface area contributed by atoms with Crippen molar-refractivity contribution >= 4 is 29.1 Å². The predicted octanol–water partition coefficient (Wildman–Crippen LogP) is 5.44. The van der Waals surface area contributed by atoms with Gasteiger partial charge in [-0.1, -0.05) is 48.0 Å². The smallest absolute Gasteiger partial charge is 0.406 e. The number of nitrogens with one attached hydrogen (secondary N) is 1. The third kappa shape index (κ3) is 5.28. The Kier molecular flexibility index (Phi) is 6.29. The maximum Gasteiger partial charge on any atom is 0.573 e. The van der Waals surface area contributed by atoms with Gasteiger partial charge in [0.25, 0.3) is 5.91 Å². The molecule has 9 heteroatoms. The summed E-state index contributed by atoms with van der Waals surface area (Å²) < 4.78 is 40.9. The molecular formula is C24H18ClF3N2O3. The number of benzene rings is 3. The molecule has 0 aliphatic carbocycles. The van der Waals surface area contributed by atoms with Gasteiger partial charge in [0, 0.05) is 18.7 Å². The average Bonchev–Trinajstić information content (AvgIpc) is 2.78. The molecule has 0 radical (unpaired) electrons. The van der Waals surface area contributed by atoms with E-state index in [1.807, 2.05) is 24.3 Å². The van der Waals surface area contributed by atoms with Crippen LogP contribution in [0.15, 0.2) is 72.8 Å². The van der Waals surface area contributed by atoms with Gasteiger partial charge in [-0.2, -0.15) is 0 Å². The standard InChI is InChI=1S/C24H18ClF3N2O3/c25-20-8-4-3-7-19(20)23(32)30-14-16-6-2-1-5-15(16)13-21(30)22(31)29-17-9-11-18(12-10-17)33-24(26,27)28/h1-12,21H,13-14H2,(H,29,31)/t21-/m1/s1. The fourth-order valence-electron chi connectivity index (χ4n) is 3.73. The lowest BCUT2D eigenvalue weighted by Crippen LogP contribution is -2.50. The lowest BCUT2D eigenvalue weighted by molar-refractivity contribution is -0.274. The van der Waals surface area contributed by atoms with E-state index in [2.05, 4.69) is 10.1 Å². The first-order chi connectivity index (χ1) is 15.7. The van der Waals surface area contributed by atoms with Gasteiger partial charge in [0.15, 0.2) is 0 Å². The summed E-state index contributed by atoms with van der Waals surface area (Å²) in [5.74, 6) is -1.25. The quantitative estimate of drug-likeness (QED) is 0.547. The Morgan fingerprint density at radius 1 is 0.939 bits per heavy atom. The van der Waals surface area contributed by atoms with Crippen molar-refractivity contribution in [1.82, 2.24) is 4.90 Å². The first-order valence-corrected chi connectivity index (χ1v) is 10.4. The van der Waals surface area contributed by atoms with Crippen LogP contribution in [-0.4, -0.2) is 29.1 Å². The van der Waals surface area contributed by atoms with Gasteiger partial charge in [0.05, 0.1) is 10.6 Å². The summed E-state index contributed by atoms with van der Waals surface area (Å²) in [6, 6.07) is 18.1. The molecule has 3 aromatic carbocycles. The van der Waals surface area contributed by atoms with E-state index in [-0.39, 0.29) is 35.1 Å². The number of carbonyl (C=O) groups excluding carboxylic acids is 2. The van der Waals surface area contributed by atoms with Gasteiger partial charge in [-0.15, -0.1) is 13.2 Å². The Labute approximate surface area is 192 Å². The van der Waals surface area contributed by atoms with E-state index in [1.165, 1.54) is 17.0 Å². The molecule has 5 nitrogen and oxygen atoms in total. The largest absolute Gasteiger partial charge is 0.573 e. The van der Waals surface area contributed by atoms with Gasteiger partial charge in [-0.3, -0.25) is 9.59 Å². The monoisotopic (exact) mass is 474 g/mol. The topological polar surface area (TPSA) is 58.6 Å². The Hall–Kier alpha value is -3.52. The van der Waals surface area contributed by atoms with Crippen LogP contribution < -0.4 is 10.1 Å². The van der Waals surface area contributed by atoms with E-state index in [0.29, 0.717) is 0 Å². The molecule has 0 unspecified atom stereocenters. The third-order valence-corrected chi connectivity index (χ3v) is 5.60. The second kappa shape index (κ2) is 9.15. The van der Waals surface area contributed by atoms with Crippen LogP contribution in [0.2, 0.25) is 5.02 Å². The lowest BCUT2D eigenvalue weighted by atomic mass is 9.92. The number of amides is 2. The van der Waals surface area contributed by atoms with E-state index in [9.17, 15) is 22.8 Å². The minimum absolute atomic E-state index is 0.219. The van der Waals surface area contributed by atoms with Gasteiger partial charge in [0.2, 0.25) is 5.91 Å². The van der Waals surface area contributed by atoms with Crippen LogP contribution in [0.1, 0.15) is 21.5 Å². The van der Waals surface area contributed by atoms with E-state index in [4.69, 9.17) is 11.6 Å². The first-order valence-electron chi connectivity index (χ1n) is 10.0. The second-order valence-corrected chi connectivity index (χ2v) is 7.87. The van der Waals surface area contributed by atoms with Crippen LogP contribution in [0.25, 0.3) is 0 Å². The molecule has 0 fully saturated rings. The molecule has 0 aromatic heterocycles. The molecule has 2 amide bonds. The Morgan fingerprint density at radius 2 is 1.58 bits per heavy atom. The summed E-state index contributed by atoms with van der Waals surface area (Å²) in [6.07, 6.45) is -4.52. The summed E-state index contributed by atoms with van der Waals surface area (Å²) in [5, 5.41) is 2.96. The molecule has 33 heavy (non-hydrogen) atoms. The molecular weight excluding hydrogens is 457 g/mol. The number of hydrogen-bond acceptors (Lipinski definition) is 3. The number of alkyl halides is 3. The average molecular weight is 475 g/mol. The molecule has 4 rings (SSSR count). The van der Waals surface area contributed by atoms with Crippen molar-refractivity contribution in [2.45, 2.75) is 25.4 Å². The summed E-state index contributed by atoms with van der Waals surface area (Å²) in [4.78, 5) is 27.9. The molecule has 0 saturated heterocycles. The summed E-state index contributed by atoms with van der Waals surface area (Å²) in [6.45, 7) is 0.219. The molecule has 1 aliphatic rings. The highest BCUT2D eigenvalue weighted by atomic mass is 35.5. The lowest BCUT2D eigenvalue weighted by Gasteiger charge is -2.36. The number of halogens is 4. The molecule has 170 valence electrons.